The lowest BCUT2D eigenvalue weighted by molar-refractivity contribution is 0.0975. The van der Waals surface area contributed by atoms with Crippen LogP contribution in [0.1, 0.15) is 40.5 Å². The largest absolute Gasteiger partial charge is 0.495 e. The van der Waals surface area contributed by atoms with E-state index in [9.17, 15) is 22.0 Å². The number of ether oxygens (including phenoxy) is 1. The maximum atomic E-state index is 13.8. The molecule has 10 heteroatoms. The number of hydrogen-bond acceptors (Lipinski definition) is 6. The highest BCUT2D eigenvalue weighted by Crippen LogP contribution is 2.42. The summed E-state index contributed by atoms with van der Waals surface area (Å²) in [4.78, 5) is 11.4. The Balaban J connectivity index is 1.88. The maximum Gasteiger partial charge on any atom is 0.285 e. The summed E-state index contributed by atoms with van der Waals surface area (Å²) >= 11 is 0. The fourth-order valence-electron chi connectivity index (χ4n) is 2.36. The van der Waals surface area contributed by atoms with Gasteiger partial charge in [0.25, 0.3) is 15.9 Å². The molecule has 0 saturated heterocycles. The number of halogens is 2. The molecule has 1 aromatic carbocycles. The third-order valence-corrected chi connectivity index (χ3v) is 5.28. The van der Waals surface area contributed by atoms with Crippen molar-refractivity contribution in [2.45, 2.75) is 30.6 Å². The van der Waals surface area contributed by atoms with E-state index in [1.54, 1.807) is 4.72 Å². The molecule has 1 aliphatic rings. The number of sulfonamides is 1. The Hall–Kier alpha value is -2.62. The summed E-state index contributed by atoms with van der Waals surface area (Å²) in [6.07, 6.45) is 1.88. The van der Waals surface area contributed by atoms with Crippen LogP contribution in [0.25, 0.3) is 0 Å². The third kappa shape index (κ3) is 3.50. The van der Waals surface area contributed by atoms with E-state index >= 15 is 0 Å². The van der Waals surface area contributed by atoms with E-state index in [4.69, 9.17) is 4.74 Å². The molecular formula is C16H15F2N3O4S. The zero-order valence-corrected chi connectivity index (χ0v) is 14.7. The Morgan fingerprint density at radius 1 is 1.19 bits per heavy atom. The molecule has 26 heavy (non-hydrogen) atoms. The first kappa shape index (κ1) is 18.2. The van der Waals surface area contributed by atoms with Crippen LogP contribution in [-0.4, -0.2) is 31.6 Å². The minimum absolute atomic E-state index is 0.0746. The highest BCUT2D eigenvalue weighted by Gasteiger charge is 2.30. The Morgan fingerprint density at radius 2 is 1.88 bits per heavy atom. The average molecular weight is 383 g/mol. The zero-order valence-electron chi connectivity index (χ0n) is 13.9. The van der Waals surface area contributed by atoms with Gasteiger partial charge < -0.3 is 4.74 Å². The van der Waals surface area contributed by atoms with E-state index < -0.39 is 32.5 Å². The molecule has 1 aromatic heterocycles. The molecule has 1 aliphatic carbocycles. The van der Waals surface area contributed by atoms with Crippen LogP contribution in [0, 0.1) is 18.6 Å². The minimum Gasteiger partial charge on any atom is -0.495 e. The summed E-state index contributed by atoms with van der Waals surface area (Å²) in [6, 6.07) is 2.53. The Kier molecular flexibility index (Phi) is 4.61. The molecule has 0 aliphatic heterocycles. The number of aryl methyl sites for hydroxylation is 1. The van der Waals surface area contributed by atoms with Crippen molar-refractivity contribution in [3.63, 3.8) is 0 Å². The number of carbonyl (C=O) groups excluding carboxylic acids is 1. The van der Waals surface area contributed by atoms with Gasteiger partial charge in [-0.05, 0) is 31.4 Å². The molecule has 0 bridgehead atoms. The normalized spacial score (nSPS) is 14.2. The second-order valence-electron chi connectivity index (χ2n) is 5.92. The number of amides is 1. The van der Waals surface area contributed by atoms with Crippen molar-refractivity contribution in [3.05, 3.63) is 46.8 Å². The molecular weight excluding hydrogens is 368 g/mol. The molecule has 1 fully saturated rings. The van der Waals surface area contributed by atoms with Crippen molar-refractivity contribution >= 4 is 15.9 Å². The van der Waals surface area contributed by atoms with Gasteiger partial charge in [0, 0.05) is 18.1 Å². The summed E-state index contributed by atoms with van der Waals surface area (Å²) in [7, 11) is -3.16. The van der Waals surface area contributed by atoms with Gasteiger partial charge >= 0.3 is 0 Å². The van der Waals surface area contributed by atoms with Crippen LogP contribution in [0.15, 0.2) is 23.1 Å². The molecule has 2 aromatic rings. The zero-order chi connectivity index (χ0) is 19.1. The van der Waals surface area contributed by atoms with Gasteiger partial charge in [0.05, 0.1) is 7.11 Å². The molecule has 0 unspecified atom stereocenters. The van der Waals surface area contributed by atoms with E-state index in [1.165, 1.54) is 20.1 Å². The Labute approximate surface area is 148 Å². The van der Waals surface area contributed by atoms with Gasteiger partial charge in [-0.2, -0.15) is 5.10 Å². The number of nitrogens with one attached hydrogen (secondary N) is 1. The molecule has 0 atom stereocenters. The molecule has 0 radical (unpaired) electrons. The average Bonchev–Trinajstić information content (AvgIpc) is 3.41. The van der Waals surface area contributed by atoms with Crippen LogP contribution in [0.5, 0.6) is 5.75 Å². The van der Waals surface area contributed by atoms with Crippen LogP contribution >= 0.6 is 0 Å². The van der Waals surface area contributed by atoms with Gasteiger partial charge in [0.2, 0.25) is 0 Å². The summed E-state index contributed by atoms with van der Waals surface area (Å²) < 4.78 is 58.5. The highest BCUT2D eigenvalue weighted by molar-refractivity contribution is 7.90. The van der Waals surface area contributed by atoms with Gasteiger partial charge in [-0.15, -0.1) is 5.10 Å². The van der Waals surface area contributed by atoms with Crippen molar-refractivity contribution in [3.8, 4) is 5.75 Å². The van der Waals surface area contributed by atoms with Crippen LogP contribution in [0.2, 0.25) is 0 Å². The lowest BCUT2D eigenvalue weighted by Gasteiger charge is -2.10. The Bertz CT molecular complexity index is 991. The molecule has 1 N–H and O–H groups in total. The van der Waals surface area contributed by atoms with Gasteiger partial charge in [-0.1, -0.05) is 0 Å². The van der Waals surface area contributed by atoms with E-state index in [-0.39, 0.29) is 17.2 Å². The summed E-state index contributed by atoms with van der Waals surface area (Å²) in [5.41, 5.74) is 0.232. The van der Waals surface area contributed by atoms with E-state index in [1.807, 2.05) is 0 Å². The first-order valence-electron chi connectivity index (χ1n) is 7.67. The van der Waals surface area contributed by atoms with Crippen LogP contribution in [0.4, 0.5) is 8.78 Å². The standard InChI is InChI=1S/C16H15F2N3O4S/c1-8-5-14(11(18)6-10(8)17)26(23,24)21-16(22)12-7-13(25-2)15(20-19-12)9-3-4-9/h5-7,9H,3-4H2,1-2H3,(H,21,22). The van der Waals surface area contributed by atoms with Gasteiger partial charge in [0.15, 0.2) is 5.69 Å². The molecule has 138 valence electrons. The van der Waals surface area contributed by atoms with Gasteiger partial charge in [-0.25, -0.2) is 21.9 Å². The summed E-state index contributed by atoms with van der Waals surface area (Å²) in [5, 5.41) is 7.64. The quantitative estimate of drug-likeness (QED) is 0.849. The molecule has 1 amide bonds. The molecule has 1 heterocycles. The van der Waals surface area contributed by atoms with Crippen molar-refractivity contribution in [2.75, 3.05) is 7.11 Å². The number of hydrogen-bond donors (Lipinski definition) is 1. The van der Waals surface area contributed by atoms with E-state index in [0.29, 0.717) is 17.5 Å². The lowest BCUT2D eigenvalue weighted by atomic mass is 10.2. The van der Waals surface area contributed by atoms with Crippen LogP contribution in [0.3, 0.4) is 0 Å². The van der Waals surface area contributed by atoms with E-state index in [0.717, 1.165) is 18.9 Å². The monoisotopic (exact) mass is 383 g/mol. The Morgan fingerprint density at radius 3 is 2.50 bits per heavy atom. The first-order valence-corrected chi connectivity index (χ1v) is 9.15. The number of benzene rings is 1. The molecule has 7 nitrogen and oxygen atoms in total. The summed E-state index contributed by atoms with van der Waals surface area (Å²) in [6.45, 7) is 1.28. The number of rotatable bonds is 5. The predicted molar refractivity (Wildman–Crippen MR) is 86.3 cm³/mol. The van der Waals surface area contributed by atoms with Crippen molar-refractivity contribution < 1.29 is 26.7 Å². The number of carbonyl (C=O) groups is 1. The van der Waals surface area contributed by atoms with Gasteiger partial charge in [0.1, 0.15) is 28.0 Å². The summed E-state index contributed by atoms with van der Waals surface area (Å²) in [5.74, 6) is -2.75. The predicted octanol–water partition coefficient (Wildman–Crippen LogP) is 2.07. The number of methoxy groups -OCH3 is 1. The lowest BCUT2D eigenvalue weighted by Crippen LogP contribution is -2.32. The fourth-order valence-corrected chi connectivity index (χ4v) is 3.47. The van der Waals surface area contributed by atoms with Crippen molar-refractivity contribution in [2.24, 2.45) is 0 Å². The number of aromatic nitrogens is 2. The number of nitrogens with zero attached hydrogens (tertiary/aromatic N) is 2. The fraction of sp³-hybridized carbons (Fsp3) is 0.312. The first-order chi connectivity index (χ1) is 12.2. The van der Waals surface area contributed by atoms with Crippen LogP contribution < -0.4 is 9.46 Å². The second-order valence-corrected chi connectivity index (χ2v) is 7.57. The van der Waals surface area contributed by atoms with Crippen molar-refractivity contribution in [1.82, 2.24) is 14.9 Å². The third-order valence-electron chi connectivity index (χ3n) is 3.93. The molecule has 0 spiro atoms. The van der Waals surface area contributed by atoms with Crippen LogP contribution in [-0.2, 0) is 10.0 Å². The van der Waals surface area contributed by atoms with Crippen molar-refractivity contribution in [1.29, 1.82) is 0 Å². The van der Waals surface area contributed by atoms with E-state index in [2.05, 4.69) is 10.2 Å². The maximum absolute atomic E-state index is 13.8. The smallest absolute Gasteiger partial charge is 0.285 e. The second kappa shape index (κ2) is 6.60. The molecule has 3 rings (SSSR count). The molecule has 1 saturated carbocycles. The minimum atomic E-state index is -4.56. The SMILES string of the molecule is COc1cc(C(=O)NS(=O)(=O)c2cc(C)c(F)cc2F)nnc1C1CC1. The highest BCUT2D eigenvalue weighted by atomic mass is 32.2. The topological polar surface area (TPSA) is 98.2 Å². The van der Waals surface area contributed by atoms with Gasteiger partial charge in [-0.3, -0.25) is 4.79 Å².